The molecule has 1 heterocycles. The van der Waals surface area contributed by atoms with Gasteiger partial charge in [0.2, 0.25) is 5.91 Å². The Hall–Kier alpha value is -0.360. The second kappa shape index (κ2) is 8.82. The first-order valence-corrected chi connectivity index (χ1v) is 7.42. The summed E-state index contributed by atoms with van der Waals surface area (Å²) in [5, 5.41) is 6.03. The molecule has 1 aliphatic carbocycles. The normalized spacial score (nSPS) is 23.1. The number of amides is 1. The zero-order valence-electron chi connectivity index (χ0n) is 11.8. The molecule has 3 unspecified atom stereocenters. The van der Waals surface area contributed by atoms with Crippen LogP contribution >= 0.6 is 36.2 Å². The Balaban J connectivity index is 0.00000180. The summed E-state index contributed by atoms with van der Waals surface area (Å²) in [4.78, 5) is 16.5. The molecule has 3 atom stereocenters. The number of carbonyl (C=O) groups excluding carboxylic acids is 1. The molecule has 2 rings (SSSR count). The summed E-state index contributed by atoms with van der Waals surface area (Å²) in [5.41, 5.74) is 6.93. The van der Waals surface area contributed by atoms with Gasteiger partial charge in [-0.05, 0) is 33.1 Å². The number of rotatable bonds is 3. The van der Waals surface area contributed by atoms with Gasteiger partial charge >= 0.3 is 0 Å². The molecule has 3 N–H and O–H groups in total. The molecule has 20 heavy (non-hydrogen) atoms. The molecular formula is C13H23Cl2N3OS. The number of hydrogen-bond acceptors (Lipinski definition) is 4. The van der Waals surface area contributed by atoms with E-state index in [2.05, 4.69) is 10.3 Å². The Labute approximate surface area is 136 Å². The minimum Gasteiger partial charge on any atom is -0.347 e. The third-order valence-corrected chi connectivity index (χ3v) is 4.60. The monoisotopic (exact) mass is 339 g/mol. The van der Waals surface area contributed by atoms with Gasteiger partial charge in [-0.3, -0.25) is 4.79 Å². The van der Waals surface area contributed by atoms with Crippen molar-refractivity contribution in [3.05, 3.63) is 16.1 Å². The lowest BCUT2D eigenvalue weighted by atomic mass is 9.85. The number of nitrogens with zero attached hydrogens (tertiary/aromatic N) is 1. The second-order valence-electron chi connectivity index (χ2n) is 5.18. The van der Waals surface area contributed by atoms with Gasteiger partial charge in [-0.1, -0.05) is 6.42 Å². The van der Waals surface area contributed by atoms with Gasteiger partial charge in [0.1, 0.15) is 5.01 Å². The van der Waals surface area contributed by atoms with Gasteiger partial charge in [0.25, 0.3) is 0 Å². The van der Waals surface area contributed by atoms with Crippen molar-refractivity contribution in [2.24, 2.45) is 11.7 Å². The fourth-order valence-corrected chi connectivity index (χ4v) is 3.23. The van der Waals surface area contributed by atoms with Crippen molar-refractivity contribution in [3.63, 3.8) is 0 Å². The van der Waals surface area contributed by atoms with E-state index in [9.17, 15) is 4.79 Å². The van der Waals surface area contributed by atoms with Crippen LogP contribution in [0.5, 0.6) is 0 Å². The molecule has 0 spiro atoms. The number of hydrogen-bond donors (Lipinski definition) is 2. The number of aryl methyl sites for hydroxylation is 1. The highest BCUT2D eigenvalue weighted by Crippen LogP contribution is 2.25. The van der Waals surface area contributed by atoms with Gasteiger partial charge in [-0.2, -0.15) is 0 Å². The van der Waals surface area contributed by atoms with Crippen molar-refractivity contribution in [1.29, 1.82) is 0 Å². The maximum absolute atomic E-state index is 12.1. The molecule has 0 aromatic carbocycles. The molecule has 1 amide bonds. The smallest absolute Gasteiger partial charge is 0.223 e. The van der Waals surface area contributed by atoms with Crippen LogP contribution in [0.4, 0.5) is 0 Å². The van der Waals surface area contributed by atoms with Crippen LogP contribution in [0.3, 0.4) is 0 Å². The van der Waals surface area contributed by atoms with Crippen molar-refractivity contribution < 1.29 is 4.79 Å². The number of thiazole rings is 1. The van der Waals surface area contributed by atoms with Crippen LogP contribution in [0.1, 0.15) is 49.4 Å². The Morgan fingerprint density at radius 3 is 2.75 bits per heavy atom. The van der Waals surface area contributed by atoms with Crippen molar-refractivity contribution in [1.82, 2.24) is 10.3 Å². The third kappa shape index (κ3) is 5.20. The summed E-state index contributed by atoms with van der Waals surface area (Å²) in [6, 6.07) is 0.182. The Bertz CT molecular complexity index is 428. The SMILES string of the molecule is Cc1csc(C(C)NC(=O)C2CCCC(N)C2)n1.Cl.Cl. The van der Waals surface area contributed by atoms with Gasteiger partial charge in [-0.15, -0.1) is 36.2 Å². The van der Waals surface area contributed by atoms with Crippen LogP contribution in [0, 0.1) is 12.8 Å². The Morgan fingerprint density at radius 2 is 2.20 bits per heavy atom. The van der Waals surface area contributed by atoms with Gasteiger partial charge in [0.15, 0.2) is 0 Å². The van der Waals surface area contributed by atoms with Crippen LogP contribution in [-0.4, -0.2) is 16.9 Å². The first-order valence-electron chi connectivity index (χ1n) is 6.54. The number of nitrogens with two attached hydrogens (primary N) is 1. The summed E-state index contributed by atoms with van der Waals surface area (Å²) in [7, 11) is 0. The molecular weight excluding hydrogens is 317 g/mol. The van der Waals surface area contributed by atoms with E-state index >= 15 is 0 Å². The number of carbonyl (C=O) groups is 1. The minimum atomic E-state index is -0.00523. The van der Waals surface area contributed by atoms with Crippen LogP contribution in [0.2, 0.25) is 0 Å². The highest BCUT2D eigenvalue weighted by Gasteiger charge is 2.26. The average molecular weight is 340 g/mol. The fourth-order valence-electron chi connectivity index (χ4n) is 2.43. The Morgan fingerprint density at radius 1 is 1.50 bits per heavy atom. The molecule has 1 aromatic heterocycles. The lowest BCUT2D eigenvalue weighted by Crippen LogP contribution is -2.38. The van der Waals surface area contributed by atoms with Crippen LogP contribution in [0.15, 0.2) is 5.38 Å². The van der Waals surface area contributed by atoms with E-state index in [1.165, 1.54) is 0 Å². The van der Waals surface area contributed by atoms with Gasteiger partial charge in [-0.25, -0.2) is 4.98 Å². The summed E-state index contributed by atoms with van der Waals surface area (Å²) in [6.07, 6.45) is 3.88. The van der Waals surface area contributed by atoms with Crippen LogP contribution in [0.25, 0.3) is 0 Å². The first kappa shape index (κ1) is 19.6. The minimum absolute atomic E-state index is 0. The van der Waals surface area contributed by atoms with Crippen molar-refractivity contribution in [2.45, 2.75) is 51.6 Å². The molecule has 0 bridgehead atoms. The largest absolute Gasteiger partial charge is 0.347 e. The van der Waals surface area contributed by atoms with Crippen molar-refractivity contribution in [2.75, 3.05) is 0 Å². The number of halogens is 2. The number of aromatic nitrogens is 1. The topological polar surface area (TPSA) is 68.0 Å². The molecule has 116 valence electrons. The molecule has 1 aliphatic rings. The fraction of sp³-hybridized carbons (Fsp3) is 0.692. The van der Waals surface area contributed by atoms with E-state index in [0.29, 0.717) is 0 Å². The summed E-state index contributed by atoms with van der Waals surface area (Å²) < 4.78 is 0. The molecule has 1 aromatic rings. The van der Waals surface area contributed by atoms with Crippen molar-refractivity contribution in [3.8, 4) is 0 Å². The first-order chi connectivity index (χ1) is 8.56. The lowest BCUT2D eigenvalue weighted by Gasteiger charge is -2.26. The van der Waals surface area contributed by atoms with E-state index < -0.39 is 0 Å². The third-order valence-electron chi connectivity index (χ3n) is 3.45. The van der Waals surface area contributed by atoms with Gasteiger partial charge < -0.3 is 11.1 Å². The highest BCUT2D eigenvalue weighted by molar-refractivity contribution is 7.09. The average Bonchev–Trinajstić information content (AvgIpc) is 2.76. The maximum atomic E-state index is 12.1. The molecule has 0 radical (unpaired) electrons. The molecule has 0 aliphatic heterocycles. The van der Waals surface area contributed by atoms with E-state index in [0.717, 1.165) is 36.4 Å². The predicted octanol–water partition coefficient (Wildman–Crippen LogP) is 2.99. The van der Waals surface area contributed by atoms with E-state index in [1.807, 2.05) is 19.2 Å². The lowest BCUT2D eigenvalue weighted by molar-refractivity contribution is -0.126. The Kier molecular flexibility index (Phi) is 8.66. The zero-order chi connectivity index (χ0) is 13.1. The number of nitrogens with one attached hydrogen (secondary N) is 1. The molecule has 7 heteroatoms. The quantitative estimate of drug-likeness (QED) is 0.889. The van der Waals surface area contributed by atoms with Crippen LogP contribution in [-0.2, 0) is 4.79 Å². The standard InChI is InChI=1S/C13H21N3OS.2ClH/c1-8-7-18-13(15-8)9(2)16-12(17)10-4-3-5-11(14)6-10;;/h7,9-11H,3-6,14H2,1-2H3,(H,16,17);2*1H. The van der Waals surface area contributed by atoms with E-state index in [1.54, 1.807) is 11.3 Å². The van der Waals surface area contributed by atoms with Crippen molar-refractivity contribution >= 4 is 42.1 Å². The summed E-state index contributed by atoms with van der Waals surface area (Å²) >= 11 is 1.60. The second-order valence-corrected chi connectivity index (χ2v) is 6.07. The molecule has 1 saturated carbocycles. The molecule has 1 fully saturated rings. The maximum Gasteiger partial charge on any atom is 0.223 e. The van der Waals surface area contributed by atoms with Crippen LogP contribution < -0.4 is 11.1 Å². The predicted molar refractivity (Wildman–Crippen MR) is 87.8 cm³/mol. The zero-order valence-corrected chi connectivity index (χ0v) is 14.2. The molecule has 4 nitrogen and oxygen atoms in total. The summed E-state index contributed by atoms with van der Waals surface area (Å²) in [6.45, 7) is 3.95. The van der Waals surface area contributed by atoms with Gasteiger partial charge in [0.05, 0.1) is 6.04 Å². The highest BCUT2D eigenvalue weighted by atomic mass is 35.5. The van der Waals surface area contributed by atoms with Gasteiger partial charge in [0, 0.05) is 23.0 Å². The van der Waals surface area contributed by atoms with E-state index in [4.69, 9.17) is 5.73 Å². The summed E-state index contributed by atoms with van der Waals surface area (Å²) in [5.74, 6) is 0.211. The van der Waals surface area contributed by atoms with E-state index in [-0.39, 0.29) is 48.7 Å². The molecule has 0 saturated heterocycles.